The van der Waals surface area contributed by atoms with Gasteiger partial charge in [0.25, 0.3) is 0 Å². The van der Waals surface area contributed by atoms with Gasteiger partial charge in [-0.1, -0.05) is 22.9 Å². The molecular formula is C13H10BrFO2. The van der Waals surface area contributed by atoms with Gasteiger partial charge >= 0.3 is 0 Å². The second kappa shape index (κ2) is 4.84. The number of furan rings is 1. The van der Waals surface area contributed by atoms with E-state index in [2.05, 4.69) is 15.9 Å². The van der Waals surface area contributed by atoms with Crippen molar-refractivity contribution >= 4 is 21.7 Å². The number of hydrogen-bond donors (Lipinski definition) is 0. The van der Waals surface area contributed by atoms with Gasteiger partial charge in [0.15, 0.2) is 11.5 Å². The van der Waals surface area contributed by atoms with Gasteiger partial charge in [-0.3, -0.25) is 4.79 Å². The second-order valence-electron chi connectivity index (χ2n) is 3.56. The minimum absolute atomic E-state index is 0.0659. The summed E-state index contributed by atoms with van der Waals surface area (Å²) in [6.45, 7) is 1.77. The average Bonchev–Trinajstić information content (AvgIpc) is 2.80. The van der Waals surface area contributed by atoms with Gasteiger partial charge in [-0.25, -0.2) is 4.39 Å². The van der Waals surface area contributed by atoms with E-state index in [0.717, 1.165) is 4.47 Å². The van der Waals surface area contributed by atoms with Crippen molar-refractivity contribution in [1.82, 2.24) is 0 Å². The summed E-state index contributed by atoms with van der Waals surface area (Å²) in [6, 6.07) is 7.60. The summed E-state index contributed by atoms with van der Waals surface area (Å²) in [5.41, 5.74) is 0.597. The van der Waals surface area contributed by atoms with Crippen LogP contribution in [0.25, 0.3) is 11.3 Å². The number of carbonyl (C=O) groups excluding carboxylic acids is 1. The zero-order valence-corrected chi connectivity index (χ0v) is 10.8. The van der Waals surface area contributed by atoms with Crippen LogP contribution in [-0.2, 0) is 0 Å². The lowest BCUT2D eigenvalue weighted by molar-refractivity contribution is 0.0962. The Morgan fingerprint density at radius 3 is 2.82 bits per heavy atom. The molecule has 0 aliphatic rings. The van der Waals surface area contributed by atoms with Crippen molar-refractivity contribution in [3.8, 4) is 11.3 Å². The SMILES string of the molecule is CCC(=O)c1ccc(-c2cc(F)ccc2Br)o1. The van der Waals surface area contributed by atoms with E-state index in [4.69, 9.17) is 4.42 Å². The molecule has 17 heavy (non-hydrogen) atoms. The van der Waals surface area contributed by atoms with Crippen LogP contribution in [-0.4, -0.2) is 5.78 Å². The van der Waals surface area contributed by atoms with Crippen LogP contribution in [0.2, 0.25) is 0 Å². The standard InChI is InChI=1S/C13H10BrFO2/c1-2-11(16)13-6-5-12(17-13)9-7-8(15)3-4-10(9)14/h3-7H,2H2,1H3. The van der Waals surface area contributed by atoms with Gasteiger partial charge in [-0.05, 0) is 30.3 Å². The number of rotatable bonds is 3. The Morgan fingerprint density at radius 2 is 2.12 bits per heavy atom. The first kappa shape index (κ1) is 12.0. The Hall–Kier alpha value is -1.42. The zero-order chi connectivity index (χ0) is 12.4. The van der Waals surface area contributed by atoms with Gasteiger partial charge in [0.1, 0.15) is 11.6 Å². The molecule has 1 aromatic heterocycles. The van der Waals surface area contributed by atoms with E-state index in [0.29, 0.717) is 23.5 Å². The largest absolute Gasteiger partial charge is 0.453 e. The fraction of sp³-hybridized carbons (Fsp3) is 0.154. The fourth-order valence-corrected chi connectivity index (χ4v) is 1.94. The highest BCUT2D eigenvalue weighted by Gasteiger charge is 2.12. The van der Waals surface area contributed by atoms with Crippen molar-refractivity contribution in [3.63, 3.8) is 0 Å². The molecule has 2 rings (SSSR count). The highest BCUT2D eigenvalue weighted by Crippen LogP contribution is 2.30. The number of hydrogen-bond acceptors (Lipinski definition) is 2. The Labute approximate surface area is 107 Å². The van der Waals surface area contributed by atoms with Crippen molar-refractivity contribution in [2.24, 2.45) is 0 Å². The van der Waals surface area contributed by atoms with Crippen LogP contribution in [0.5, 0.6) is 0 Å². The topological polar surface area (TPSA) is 30.2 Å². The quantitative estimate of drug-likeness (QED) is 0.784. The molecule has 0 amide bonds. The molecule has 1 heterocycles. The predicted octanol–water partition coefficient (Wildman–Crippen LogP) is 4.44. The smallest absolute Gasteiger partial charge is 0.197 e. The van der Waals surface area contributed by atoms with Gasteiger partial charge in [0.05, 0.1) is 0 Å². The summed E-state index contributed by atoms with van der Waals surface area (Å²) >= 11 is 3.32. The monoisotopic (exact) mass is 296 g/mol. The third-order valence-corrected chi connectivity index (χ3v) is 3.09. The van der Waals surface area contributed by atoms with E-state index < -0.39 is 0 Å². The van der Waals surface area contributed by atoms with Crippen LogP contribution in [0.3, 0.4) is 0 Å². The number of benzene rings is 1. The van der Waals surface area contributed by atoms with Crippen molar-refractivity contribution in [2.45, 2.75) is 13.3 Å². The molecule has 0 aliphatic carbocycles. The number of ketones is 1. The summed E-state index contributed by atoms with van der Waals surface area (Å²) in [4.78, 5) is 11.4. The van der Waals surface area contributed by atoms with Crippen LogP contribution in [0, 0.1) is 5.82 Å². The van der Waals surface area contributed by atoms with E-state index >= 15 is 0 Å². The molecule has 0 N–H and O–H groups in total. The first-order valence-electron chi connectivity index (χ1n) is 5.20. The summed E-state index contributed by atoms with van der Waals surface area (Å²) in [5.74, 6) is 0.374. The minimum atomic E-state index is -0.344. The van der Waals surface area contributed by atoms with Crippen LogP contribution in [0.15, 0.2) is 39.2 Å². The maximum atomic E-state index is 13.1. The van der Waals surface area contributed by atoms with Gasteiger partial charge < -0.3 is 4.42 Å². The van der Waals surface area contributed by atoms with Gasteiger partial charge in [0.2, 0.25) is 0 Å². The zero-order valence-electron chi connectivity index (χ0n) is 9.17. The van der Waals surface area contributed by atoms with Gasteiger partial charge in [0, 0.05) is 16.5 Å². The summed E-state index contributed by atoms with van der Waals surface area (Å²) in [7, 11) is 0. The van der Waals surface area contributed by atoms with Crippen molar-refractivity contribution in [3.05, 3.63) is 46.4 Å². The third-order valence-electron chi connectivity index (χ3n) is 2.40. The summed E-state index contributed by atoms with van der Waals surface area (Å²) in [5, 5.41) is 0. The molecule has 0 aliphatic heterocycles. The number of Topliss-reactive ketones (excluding diaryl/α,β-unsaturated/α-hetero) is 1. The third kappa shape index (κ3) is 2.47. The van der Waals surface area contributed by atoms with Crippen LogP contribution in [0.4, 0.5) is 4.39 Å². The summed E-state index contributed by atoms with van der Waals surface area (Å²) in [6.07, 6.45) is 0.386. The van der Waals surface area contributed by atoms with E-state index in [-0.39, 0.29) is 11.6 Å². The average molecular weight is 297 g/mol. The Balaban J connectivity index is 2.43. The molecule has 0 spiro atoms. The second-order valence-corrected chi connectivity index (χ2v) is 4.42. The lowest BCUT2D eigenvalue weighted by atomic mass is 10.2. The van der Waals surface area contributed by atoms with Crippen LogP contribution < -0.4 is 0 Å². The van der Waals surface area contributed by atoms with E-state index in [1.165, 1.54) is 12.1 Å². The van der Waals surface area contributed by atoms with E-state index in [9.17, 15) is 9.18 Å². The molecule has 0 bridgehead atoms. The molecule has 0 unspecified atom stereocenters. The lowest BCUT2D eigenvalue weighted by Gasteiger charge is -2.00. The summed E-state index contributed by atoms with van der Waals surface area (Å²) < 4.78 is 19.3. The normalized spacial score (nSPS) is 10.5. The van der Waals surface area contributed by atoms with E-state index in [1.54, 1.807) is 25.1 Å². The Bertz CT molecular complexity index is 560. The van der Waals surface area contributed by atoms with Crippen LogP contribution in [0.1, 0.15) is 23.9 Å². The lowest BCUT2D eigenvalue weighted by Crippen LogP contribution is -1.92. The molecular weight excluding hydrogens is 287 g/mol. The van der Waals surface area contributed by atoms with Gasteiger partial charge in [-0.2, -0.15) is 0 Å². The highest BCUT2D eigenvalue weighted by atomic mass is 79.9. The Morgan fingerprint density at radius 1 is 1.35 bits per heavy atom. The van der Waals surface area contributed by atoms with Crippen molar-refractivity contribution < 1.29 is 13.6 Å². The first-order chi connectivity index (χ1) is 8.11. The molecule has 0 radical (unpaired) electrons. The minimum Gasteiger partial charge on any atom is -0.453 e. The molecule has 2 nitrogen and oxygen atoms in total. The van der Waals surface area contributed by atoms with Gasteiger partial charge in [-0.15, -0.1) is 0 Å². The maximum absolute atomic E-state index is 13.1. The number of carbonyl (C=O) groups is 1. The molecule has 88 valence electrons. The number of halogens is 2. The van der Waals surface area contributed by atoms with Crippen molar-refractivity contribution in [1.29, 1.82) is 0 Å². The first-order valence-corrected chi connectivity index (χ1v) is 5.99. The van der Waals surface area contributed by atoms with E-state index in [1.807, 2.05) is 0 Å². The van der Waals surface area contributed by atoms with Crippen molar-refractivity contribution in [2.75, 3.05) is 0 Å². The predicted molar refractivity (Wildman–Crippen MR) is 66.4 cm³/mol. The molecule has 4 heteroatoms. The molecule has 0 atom stereocenters. The maximum Gasteiger partial charge on any atom is 0.197 e. The molecule has 0 saturated heterocycles. The Kier molecular flexibility index (Phi) is 3.43. The molecule has 2 aromatic rings. The van der Waals surface area contributed by atoms with Crippen LogP contribution >= 0.6 is 15.9 Å². The molecule has 0 saturated carbocycles. The molecule has 0 fully saturated rings. The fourth-order valence-electron chi connectivity index (χ4n) is 1.49. The highest BCUT2D eigenvalue weighted by molar-refractivity contribution is 9.10. The molecule has 1 aromatic carbocycles.